The first kappa shape index (κ1) is 20.4. The highest BCUT2D eigenvalue weighted by atomic mass is 16.5. The molecule has 146 valence electrons. The summed E-state index contributed by atoms with van der Waals surface area (Å²) in [5.41, 5.74) is 0.570. The number of hydrogen-bond acceptors (Lipinski definition) is 6. The number of para-hydroxylation sites is 2. The van der Waals surface area contributed by atoms with Gasteiger partial charge in [-0.1, -0.05) is 12.1 Å². The molecule has 0 saturated heterocycles. The Morgan fingerprint density at radius 2 is 1.67 bits per heavy atom. The lowest BCUT2D eigenvalue weighted by molar-refractivity contribution is -0.117. The summed E-state index contributed by atoms with van der Waals surface area (Å²) in [5.74, 6) is 2.43. The first-order valence-corrected chi connectivity index (χ1v) is 8.53. The maximum Gasteiger partial charge on any atom is 0.238 e. The van der Waals surface area contributed by atoms with Crippen molar-refractivity contribution in [3.63, 3.8) is 0 Å². The maximum absolute atomic E-state index is 12.3. The minimum absolute atomic E-state index is 0.152. The highest BCUT2D eigenvalue weighted by molar-refractivity contribution is 5.93. The van der Waals surface area contributed by atoms with Crippen LogP contribution in [0.25, 0.3) is 0 Å². The van der Waals surface area contributed by atoms with E-state index in [1.54, 1.807) is 39.5 Å². The third-order valence-electron chi connectivity index (χ3n) is 3.89. The zero-order chi connectivity index (χ0) is 19.6. The summed E-state index contributed by atoms with van der Waals surface area (Å²) in [6, 6.07) is 12.7. The molecule has 2 aromatic rings. The smallest absolute Gasteiger partial charge is 0.238 e. The lowest BCUT2D eigenvalue weighted by Crippen LogP contribution is -2.33. The fraction of sp³-hybridized carbons (Fsp3) is 0.350. The van der Waals surface area contributed by atoms with Crippen LogP contribution in [-0.2, 0) is 4.79 Å². The molecule has 0 fully saturated rings. The number of nitrogens with zero attached hydrogens (tertiary/aromatic N) is 1. The third-order valence-corrected chi connectivity index (χ3v) is 3.89. The molecule has 7 nitrogen and oxygen atoms in total. The van der Waals surface area contributed by atoms with Crippen molar-refractivity contribution in [3.8, 4) is 23.0 Å². The molecule has 0 unspecified atom stereocenters. The largest absolute Gasteiger partial charge is 0.497 e. The molecule has 1 N–H and O–H groups in total. The summed E-state index contributed by atoms with van der Waals surface area (Å²) in [5, 5.41) is 2.85. The van der Waals surface area contributed by atoms with Gasteiger partial charge < -0.3 is 24.3 Å². The van der Waals surface area contributed by atoms with E-state index >= 15 is 0 Å². The molecule has 0 atom stereocenters. The number of likely N-dealkylation sites (N-methyl/N-ethyl adjacent to an activating group) is 1. The predicted octanol–water partition coefficient (Wildman–Crippen LogP) is 2.66. The Hall–Kier alpha value is -2.93. The molecule has 0 aliphatic heterocycles. The van der Waals surface area contributed by atoms with Gasteiger partial charge in [0, 0.05) is 12.6 Å². The zero-order valence-electron chi connectivity index (χ0n) is 16.2. The number of nitrogens with one attached hydrogen (secondary N) is 1. The van der Waals surface area contributed by atoms with E-state index in [1.165, 1.54) is 0 Å². The molecule has 0 aromatic heterocycles. The van der Waals surface area contributed by atoms with Gasteiger partial charge in [-0.25, -0.2) is 0 Å². The van der Waals surface area contributed by atoms with Crippen LogP contribution >= 0.6 is 0 Å². The molecule has 2 aromatic carbocycles. The van der Waals surface area contributed by atoms with Crippen molar-refractivity contribution in [2.24, 2.45) is 0 Å². The molecule has 0 aliphatic carbocycles. The lowest BCUT2D eigenvalue weighted by atomic mass is 10.2. The van der Waals surface area contributed by atoms with E-state index in [2.05, 4.69) is 5.32 Å². The van der Waals surface area contributed by atoms with Gasteiger partial charge in [-0.15, -0.1) is 0 Å². The van der Waals surface area contributed by atoms with E-state index in [9.17, 15) is 4.79 Å². The van der Waals surface area contributed by atoms with E-state index in [0.29, 0.717) is 41.8 Å². The van der Waals surface area contributed by atoms with Crippen molar-refractivity contribution in [1.82, 2.24) is 4.90 Å². The van der Waals surface area contributed by atoms with Crippen molar-refractivity contribution in [1.29, 1.82) is 0 Å². The first-order chi connectivity index (χ1) is 13.1. The van der Waals surface area contributed by atoms with Gasteiger partial charge >= 0.3 is 0 Å². The summed E-state index contributed by atoms with van der Waals surface area (Å²) in [7, 11) is 6.58. The molecule has 27 heavy (non-hydrogen) atoms. The van der Waals surface area contributed by atoms with Crippen LogP contribution in [-0.4, -0.2) is 58.9 Å². The number of anilines is 1. The Morgan fingerprint density at radius 1 is 0.963 bits per heavy atom. The lowest BCUT2D eigenvalue weighted by Gasteiger charge is -2.18. The number of hydrogen-bond donors (Lipinski definition) is 1. The van der Waals surface area contributed by atoms with Gasteiger partial charge in [0.1, 0.15) is 18.1 Å². The molecule has 0 bridgehead atoms. The highest BCUT2D eigenvalue weighted by Crippen LogP contribution is 2.29. The minimum atomic E-state index is -0.152. The summed E-state index contributed by atoms with van der Waals surface area (Å²) in [4.78, 5) is 14.2. The molecule has 2 rings (SSSR count). The molecular weight excluding hydrogens is 348 g/mol. The molecule has 0 spiro atoms. The maximum atomic E-state index is 12.3. The Morgan fingerprint density at radius 3 is 2.33 bits per heavy atom. The summed E-state index contributed by atoms with van der Waals surface area (Å²) in [6.07, 6.45) is 0. The van der Waals surface area contributed by atoms with Crippen molar-refractivity contribution in [2.75, 3.05) is 53.4 Å². The summed E-state index contributed by atoms with van der Waals surface area (Å²) < 4.78 is 21.4. The fourth-order valence-electron chi connectivity index (χ4n) is 2.48. The highest BCUT2D eigenvalue weighted by Gasteiger charge is 2.12. The molecule has 0 radical (unpaired) electrons. The number of carbonyl (C=O) groups is 1. The second kappa shape index (κ2) is 10.3. The van der Waals surface area contributed by atoms with Crippen LogP contribution in [0.3, 0.4) is 0 Å². The minimum Gasteiger partial charge on any atom is -0.497 e. The molecule has 0 aliphatic rings. The number of methoxy groups -OCH3 is 3. The van der Waals surface area contributed by atoms with Crippen molar-refractivity contribution in [2.45, 2.75) is 0 Å². The molecular formula is C20H26N2O5. The Balaban J connectivity index is 1.83. The quantitative estimate of drug-likeness (QED) is 0.690. The number of rotatable bonds is 10. The third kappa shape index (κ3) is 6.07. The van der Waals surface area contributed by atoms with Crippen LogP contribution in [0.5, 0.6) is 23.0 Å². The van der Waals surface area contributed by atoms with Crippen LogP contribution < -0.4 is 24.3 Å². The van der Waals surface area contributed by atoms with Crippen LogP contribution in [0.15, 0.2) is 42.5 Å². The Labute approximate surface area is 159 Å². The van der Waals surface area contributed by atoms with Gasteiger partial charge in [-0.2, -0.15) is 0 Å². The van der Waals surface area contributed by atoms with Gasteiger partial charge in [0.25, 0.3) is 0 Å². The SMILES string of the molecule is COc1ccc(OC)c(NC(=O)CN(C)CCOc2ccccc2OC)c1. The summed E-state index contributed by atoms with van der Waals surface area (Å²) in [6.45, 7) is 1.24. The number of ether oxygens (including phenoxy) is 4. The van der Waals surface area contributed by atoms with Crippen molar-refractivity contribution in [3.05, 3.63) is 42.5 Å². The number of benzene rings is 2. The van der Waals surface area contributed by atoms with E-state index in [4.69, 9.17) is 18.9 Å². The Bertz CT molecular complexity index is 751. The normalized spacial score (nSPS) is 10.4. The second-order valence-corrected chi connectivity index (χ2v) is 5.85. The molecule has 1 amide bonds. The number of amides is 1. The monoisotopic (exact) mass is 374 g/mol. The van der Waals surface area contributed by atoms with Crippen LogP contribution in [0, 0.1) is 0 Å². The Kier molecular flexibility index (Phi) is 7.76. The van der Waals surface area contributed by atoms with E-state index in [0.717, 1.165) is 0 Å². The van der Waals surface area contributed by atoms with E-state index < -0.39 is 0 Å². The average Bonchev–Trinajstić information content (AvgIpc) is 2.68. The van der Waals surface area contributed by atoms with Crippen LogP contribution in [0.1, 0.15) is 0 Å². The topological polar surface area (TPSA) is 69.3 Å². The molecule has 0 saturated carbocycles. The summed E-state index contributed by atoms with van der Waals surface area (Å²) >= 11 is 0. The zero-order valence-corrected chi connectivity index (χ0v) is 16.2. The predicted molar refractivity (Wildman–Crippen MR) is 104 cm³/mol. The van der Waals surface area contributed by atoms with E-state index in [-0.39, 0.29) is 12.5 Å². The first-order valence-electron chi connectivity index (χ1n) is 8.53. The van der Waals surface area contributed by atoms with Crippen molar-refractivity contribution >= 4 is 11.6 Å². The molecule has 0 heterocycles. The van der Waals surface area contributed by atoms with Crippen LogP contribution in [0.4, 0.5) is 5.69 Å². The van der Waals surface area contributed by atoms with Crippen molar-refractivity contribution < 1.29 is 23.7 Å². The van der Waals surface area contributed by atoms with Gasteiger partial charge in [0.05, 0.1) is 33.6 Å². The van der Waals surface area contributed by atoms with Gasteiger partial charge in [-0.05, 0) is 31.3 Å². The second-order valence-electron chi connectivity index (χ2n) is 5.85. The number of carbonyl (C=O) groups excluding carboxylic acids is 1. The van der Waals surface area contributed by atoms with Gasteiger partial charge in [0.2, 0.25) is 5.91 Å². The van der Waals surface area contributed by atoms with E-state index in [1.807, 2.05) is 36.2 Å². The van der Waals surface area contributed by atoms with Crippen LogP contribution in [0.2, 0.25) is 0 Å². The average molecular weight is 374 g/mol. The fourth-order valence-corrected chi connectivity index (χ4v) is 2.48. The van der Waals surface area contributed by atoms with Gasteiger partial charge in [-0.3, -0.25) is 9.69 Å². The van der Waals surface area contributed by atoms with Gasteiger partial charge in [0.15, 0.2) is 11.5 Å². The standard InChI is InChI=1S/C20H26N2O5/c1-22(11-12-27-19-8-6-5-7-18(19)26-4)14-20(23)21-16-13-15(24-2)9-10-17(16)25-3/h5-10,13H,11-12,14H2,1-4H3,(H,21,23). The molecule has 7 heteroatoms.